The number of aryl methyl sites for hydroxylation is 1. The van der Waals surface area contributed by atoms with Crippen molar-refractivity contribution >= 4 is 15.9 Å². The van der Waals surface area contributed by atoms with Crippen LogP contribution in [0.2, 0.25) is 0 Å². The Morgan fingerprint density at radius 2 is 1.67 bits per heavy atom. The number of ether oxygens (including phenoxy) is 1. The van der Waals surface area contributed by atoms with Gasteiger partial charge in [0.25, 0.3) is 0 Å². The summed E-state index contributed by atoms with van der Waals surface area (Å²) in [6.07, 6.45) is 1.20. The van der Waals surface area contributed by atoms with E-state index < -0.39 is 10.0 Å². The van der Waals surface area contributed by atoms with Crippen molar-refractivity contribution < 1.29 is 17.9 Å². The quantitative estimate of drug-likeness (QED) is 0.655. The van der Waals surface area contributed by atoms with E-state index in [0.29, 0.717) is 51.4 Å². The second-order valence-electron chi connectivity index (χ2n) is 7.26. The first-order valence-electron chi connectivity index (χ1n) is 10.2. The lowest BCUT2D eigenvalue weighted by Crippen LogP contribution is -2.50. The van der Waals surface area contributed by atoms with Gasteiger partial charge in [-0.05, 0) is 36.2 Å². The van der Waals surface area contributed by atoms with Gasteiger partial charge in [0.1, 0.15) is 5.75 Å². The molecule has 7 nitrogen and oxygen atoms in total. The summed E-state index contributed by atoms with van der Waals surface area (Å²) in [6.45, 7) is 3.46. The second kappa shape index (κ2) is 10.6. The fraction of sp³-hybridized carbons (Fsp3) is 0.409. The van der Waals surface area contributed by atoms with Gasteiger partial charge in [0.15, 0.2) is 0 Å². The normalized spacial score (nSPS) is 15.6. The first-order valence-corrected chi connectivity index (χ1v) is 11.6. The van der Waals surface area contributed by atoms with Crippen molar-refractivity contribution in [3.8, 4) is 5.75 Å². The van der Waals surface area contributed by atoms with E-state index in [0.717, 1.165) is 12.0 Å². The summed E-state index contributed by atoms with van der Waals surface area (Å²) in [7, 11) is -1.95. The van der Waals surface area contributed by atoms with Crippen LogP contribution in [0.4, 0.5) is 0 Å². The molecular formula is C22H29N3O4S. The number of hydrogen-bond acceptors (Lipinski definition) is 5. The number of rotatable bonds is 9. The van der Waals surface area contributed by atoms with Crippen LogP contribution in [-0.2, 0) is 21.2 Å². The standard InChI is InChI=1S/C22H29N3O4S/c1-29-20-8-10-21(11-9-20)30(27,28)25-17-15-24(16-18-25)14-13-23-22(26)12-7-19-5-3-2-4-6-19/h2-6,8-11H,7,12-18H2,1H3,(H,23,26). The number of amides is 1. The van der Waals surface area contributed by atoms with Gasteiger partial charge < -0.3 is 10.1 Å². The van der Waals surface area contributed by atoms with Gasteiger partial charge in [0, 0.05) is 45.7 Å². The van der Waals surface area contributed by atoms with Gasteiger partial charge in [-0.15, -0.1) is 0 Å². The summed E-state index contributed by atoms with van der Waals surface area (Å²) in [6, 6.07) is 16.4. The molecule has 1 N–H and O–H groups in total. The molecule has 162 valence electrons. The molecule has 8 heteroatoms. The van der Waals surface area contributed by atoms with Crippen LogP contribution < -0.4 is 10.1 Å². The van der Waals surface area contributed by atoms with Gasteiger partial charge in [-0.2, -0.15) is 4.31 Å². The molecule has 30 heavy (non-hydrogen) atoms. The van der Waals surface area contributed by atoms with Crippen LogP contribution >= 0.6 is 0 Å². The van der Waals surface area contributed by atoms with Crippen molar-refractivity contribution in [2.45, 2.75) is 17.7 Å². The molecule has 1 heterocycles. The minimum atomic E-state index is -3.50. The van der Waals surface area contributed by atoms with Gasteiger partial charge in [-0.25, -0.2) is 8.42 Å². The van der Waals surface area contributed by atoms with Crippen LogP contribution in [0.25, 0.3) is 0 Å². The van der Waals surface area contributed by atoms with Crippen molar-refractivity contribution in [2.24, 2.45) is 0 Å². The SMILES string of the molecule is COc1ccc(S(=O)(=O)N2CCN(CCNC(=O)CCc3ccccc3)CC2)cc1. The molecule has 0 saturated carbocycles. The predicted octanol–water partition coefficient (Wildman–Crippen LogP) is 1.75. The van der Waals surface area contributed by atoms with E-state index in [4.69, 9.17) is 4.74 Å². The Morgan fingerprint density at radius 1 is 1.00 bits per heavy atom. The zero-order valence-electron chi connectivity index (χ0n) is 17.3. The molecule has 0 unspecified atom stereocenters. The zero-order valence-corrected chi connectivity index (χ0v) is 18.1. The zero-order chi connectivity index (χ0) is 21.4. The molecule has 0 bridgehead atoms. The minimum absolute atomic E-state index is 0.0413. The highest BCUT2D eigenvalue weighted by molar-refractivity contribution is 7.89. The van der Waals surface area contributed by atoms with Crippen LogP contribution in [0.5, 0.6) is 5.75 Å². The Morgan fingerprint density at radius 3 is 2.30 bits per heavy atom. The topological polar surface area (TPSA) is 79.0 Å². The average Bonchev–Trinajstić information content (AvgIpc) is 2.79. The number of nitrogens with zero attached hydrogens (tertiary/aromatic N) is 2. The first kappa shape index (κ1) is 22.3. The molecule has 1 amide bonds. The van der Waals surface area contributed by atoms with Crippen LogP contribution in [0.15, 0.2) is 59.5 Å². The number of sulfonamides is 1. The molecule has 0 atom stereocenters. The predicted molar refractivity (Wildman–Crippen MR) is 116 cm³/mol. The molecule has 0 aliphatic carbocycles. The van der Waals surface area contributed by atoms with E-state index in [1.807, 2.05) is 30.3 Å². The summed E-state index contributed by atoms with van der Waals surface area (Å²) in [5.74, 6) is 0.671. The highest BCUT2D eigenvalue weighted by atomic mass is 32.2. The van der Waals surface area contributed by atoms with E-state index in [-0.39, 0.29) is 10.8 Å². The minimum Gasteiger partial charge on any atom is -0.497 e. The number of benzene rings is 2. The Balaban J connectivity index is 1.38. The third-order valence-electron chi connectivity index (χ3n) is 5.26. The van der Waals surface area contributed by atoms with Crippen molar-refractivity contribution in [3.63, 3.8) is 0 Å². The van der Waals surface area contributed by atoms with Gasteiger partial charge >= 0.3 is 0 Å². The number of nitrogens with one attached hydrogen (secondary N) is 1. The number of carbonyl (C=O) groups excluding carboxylic acids is 1. The Labute approximate surface area is 178 Å². The van der Waals surface area contributed by atoms with E-state index in [1.54, 1.807) is 31.4 Å². The summed E-state index contributed by atoms with van der Waals surface area (Å²) >= 11 is 0. The molecule has 3 rings (SSSR count). The molecular weight excluding hydrogens is 402 g/mol. The second-order valence-corrected chi connectivity index (χ2v) is 9.19. The van der Waals surface area contributed by atoms with E-state index in [2.05, 4.69) is 10.2 Å². The maximum atomic E-state index is 12.8. The number of hydrogen-bond donors (Lipinski definition) is 1. The van der Waals surface area contributed by atoms with Crippen LogP contribution in [-0.4, -0.2) is 69.9 Å². The number of methoxy groups -OCH3 is 1. The molecule has 2 aromatic carbocycles. The lowest BCUT2D eigenvalue weighted by atomic mass is 10.1. The van der Waals surface area contributed by atoms with Gasteiger partial charge in [-0.1, -0.05) is 30.3 Å². The largest absolute Gasteiger partial charge is 0.497 e. The van der Waals surface area contributed by atoms with Gasteiger partial charge in [-0.3, -0.25) is 9.69 Å². The van der Waals surface area contributed by atoms with Crippen molar-refractivity contribution in [1.29, 1.82) is 0 Å². The highest BCUT2D eigenvalue weighted by Gasteiger charge is 2.28. The summed E-state index contributed by atoms with van der Waals surface area (Å²) in [4.78, 5) is 14.5. The summed E-state index contributed by atoms with van der Waals surface area (Å²) in [5.41, 5.74) is 1.15. The van der Waals surface area contributed by atoms with Gasteiger partial charge in [0.2, 0.25) is 15.9 Å². The third kappa shape index (κ3) is 6.04. The molecule has 2 aromatic rings. The summed E-state index contributed by atoms with van der Waals surface area (Å²) in [5, 5.41) is 2.95. The molecule has 1 fully saturated rings. The van der Waals surface area contributed by atoms with Crippen molar-refractivity contribution in [1.82, 2.24) is 14.5 Å². The van der Waals surface area contributed by atoms with Gasteiger partial charge in [0.05, 0.1) is 12.0 Å². The lowest BCUT2D eigenvalue weighted by Gasteiger charge is -2.34. The molecule has 0 radical (unpaired) electrons. The maximum Gasteiger partial charge on any atom is 0.243 e. The third-order valence-corrected chi connectivity index (χ3v) is 7.18. The maximum absolute atomic E-state index is 12.8. The van der Waals surface area contributed by atoms with E-state index >= 15 is 0 Å². The fourth-order valence-corrected chi connectivity index (χ4v) is 4.86. The molecule has 1 saturated heterocycles. The van der Waals surface area contributed by atoms with E-state index in [1.165, 1.54) is 4.31 Å². The van der Waals surface area contributed by atoms with Crippen LogP contribution in [0.1, 0.15) is 12.0 Å². The monoisotopic (exact) mass is 431 g/mol. The van der Waals surface area contributed by atoms with E-state index in [9.17, 15) is 13.2 Å². The molecule has 1 aliphatic rings. The first-order chi connectivity index (χ1) is 14.5. The van der Waals surface area contributed by atoms with Crippen molar-refractivity contribution in [2.75, 3.05) is 46.4 Å². The molecule has 1 aliphatic heterocycles. The van der Waals surface area contributed by atoms with Crippen molar-refractivity contribution in [3.05, 3.63) is 60.2 Å². The summed E-state index contributed by atoms with van der Waals surface area (Å²) < 4.78 is 32.2. The Hall–Kier alpha value is -2.42. The Kier molecular flexibility index (Phi) is 7.84. The van der Waals surface area contributed by atoms with Crippen LogP contribution in [0.3, 0.4) is 0 Å². The molecule has 0 aromatic heterocycles. The highest BCUT2D eigenvalue weighted by Crippen LogP contribution is 2.20. The average molecular weight is 432 g/mol. The molecule has 0 spiro atoms. The fourth-order valence-electron chi connectivity index (χ4n) is 3.43. The number of piperazine rings is 1. The smallest absolute Gasteiger partial charge is 0.243 e. The number of carbonyl (C=O) groups is 1. The van der Waals surface area contributed by atoms with Crippen LogP contribution in [0, 0.1) is 0 Å². The Bertz CT molecular complexity index is 909. The lowest BCUT2D eigenvalue weighted by molar-refractivity contribution is -0.121.